The molecule has 1 aromatic rings. The van der Waals surface area contributed by atoms with Crippen molar-refractivity contribution in [3.8, 4) is 0 Å². The van der Waals surface area contributed by atoms with Crippen molar-refractivity contribution in [3.05, 3.63) is 35.4 Å². The van der Waals surface area contributed by atoms with Crippen molar-refractivity contribution in [2.45, 2.75) is 6.29 Å². The standard InChI is InChI=1S/C10H12O4/c1-13-10(14-2)8-5-3-7(4-6-8)9(11)12/h3-6,10H,1-2H3,(H,11,12). The maximum Gasteiger partial charge on any atom is 0.335 e. The fourth-order valence-corrected chi connectivity index (χ4v) is 1.15. The minimum Gasteiger partial charge on any atom is -0.478 e. The monoisotopic (exact) mass is 196 g/mol. The topological polar surface area (TPSA) is 55.8 Å². The van der Waals surface area contributed by atoms with Crippen LogP contribution in [0.4, 0.5) is 0 Å². The number of hydrogen-bond acceptors (Lipinski definition) is 3. The van der Waals surface area contributed by atoms with Gasteiger partial charge < -0.3 is 14.6 Å². The third-order valence-corrected chi connectivity index (χ3v) is 1.86. The van der Waals surface area contributed by atoms with Crippen LogP contribution in [0.2, 0.25) is 0 Å². The molecule has 0 aliphatic rings. The predicted octanol–water partition coefficient (Wildman–Crippen LogP) is 1.68. The summed E-state index contributed by atoms with van der Waals surface area (Å²) < 4.78 is 10.0. The highest BCUT2D eigenvalue weighted by Crippen LogP contribution is 2.17. The molecule has 0 aliphatic heterocycles. The average molecular weight is 196 g/mol. The quantitative estimate of drug-likeness (QED) is 0.744. The Hall–Kier alpha value is -1.39. The van der Waals surface area contributed by atoms with Gasteiger partial charge in [-0.25, -0.2) is 4.79 Å². The van der Waals surface area contributed by atoms with Gasteiger partial charge in [0.2, 0.25) is 0 Å². The van der Waals surface area contributed by atoms with Crippen LogP contribution in [0.25, 0.3) is 0 Å². The molecule has 0 atom stereocenters. The summed E-state index contributed by atoms with van der Waals surface area (Å²) in [6, 6.07) is 6.37. The Morgan fingerprint density at radius 2 is 1.71 bits per heavy atom. The van der Waals surface area contributed by atoms with Gasteiger partial charge in [-0.15, -0.1) is 0 Å². The van der Waals surface area contributed by atoms with E-state index in [0.717, 1.165) is 5.56 Å². The molecule has 14 heavy (non-hydrogen) atoms. The van der Waals surface area contributed by atoms with E-state index in [1.165, 1.54) is 26.4 Å². The van der Waals surface area contributed by atoms with Crippen molar-refractivity contribution in [3.63, 3.8) is 0 Å². The van der Waals surface area contributed by atoms with Crippen molar-refractivity contribution in [2.24, 2.45) is 0 Å². The minimum absolute atomic E-state index is 0.250. The number of carbonyl (C=O) groups is 1. The molecule has 0 unspecified atom stereocenters. The molecule has 0 bridgehead atoms. The summed E-state index contributed by atoms with van der Waals surface area (Å²) in [5.41, 5.74) is 1.04. The number of rotatable bonds is 4. The van der Waals surface area contributed by atoms with Gasteiger partial charge in [0.25, 0.3) is 0 Å². The van der Waals surface area contributed by atoms with Gasteiger partial charge in [0.05, 0.1) is 5.56 Å². The van der Waals surface area contributed by atoms with Gasteiger partial charge in [-0.05, 0) is 12.1 Å². The fraction of sp³-hybridized carbons (Fsp3) is 0.300. The Bertz CT molecular complexity index is 300. The molecular weight excluding hydrogens is 184 g/mol. The number of methoxy groups -OCH3 is 2. The van der Waals surface area contributed by atoms with E-state index in [1.54, 1.807) is 12.1 Å². The highest BCUT2D eigenvalue weighted by molar-refractivity contribution is 5.87. The summed E-state index contributed by atoms with van der Waals surface area (Å²) >= 11 is 0. The van der Waals surface area contributed by atoms with Crippen LogP contribution in [0.3, 0.4) is 0 Å². The molecule has 0 saturated carbocycles. The van der Waals surface area contributed by atoms with Gasteiger partial charge in [-0.2, -0.15) is 0 Å². The zero-order chi connectivity index (χ0) is 10.6. The van der Waals surface area contributed by atoms with E-state index in [0.29, 0.717) is 0 Å². The van der Waals surface area contributed by atoms with Crippen LogP contribution in [0, 0.1) is 0 Å². The second-order valence-corrected chi connectivity index (χ2v) is 2.73. The van der Waals surface area contributed by atoms with Crippen molar-refractivity contribution in [1.29, 1.82) is 0 Å². The normalized spacial score (nSPS) is 10.5. The highest BCUT2D eigenvalue weighted by Gasteiger charge is 2.09. The molecule has 0 amide bonds. The number of hydrogen-bond donors (Lipinski definition) is 1. The molecule has 1 aromatic carbocycles. The molecule has 76 valence electrons. The molecule has 0 spiro atoms. The summed E-state index contributed by atoms with van der Waals surface area (Å²) in [4.78, 5) is 10.6. The fourth-order valence-electron chi connectivity index (χ4n) is 1.15. The number of carboxylic acids is 1. The molecule has 0 heterocycles. The van der Waals surface area contributed by atoms with Gasteiger partial charge in [0.15, 0.2) is 6.29 Å². The van der Waals surface area contributed by atoms with Crippen LogP contribution < -0.4 is 0 Å². The first-order valence-electron chi connectivity index (χ1n) is 4.08. The molecule has 4 nitrogen and oxygen atoms in total. The van der Waals surface area contributed by atoms with E-state index in [4.69, 9.17) is 14.6 Å². The zero-order valence-corrected chi connectivity index (χ0v) is 8.06. The van der Waals surface area contributed by atoms with Crippen LogP contribution in [0.1, 0.15) is 22.2 Å². The lowest BCUT2D eigenvalue weighted by atomic mass is 10.1. The van der Waals surface area contributed by atoms with Gasteiger partial charge >= 0.3 is 5.97 Å². The second kappa shape index (κ2) is 4.74. The molecule has 1 N–H and O–H groups in total. The largest absolute Gasteiger partial charge is 0.478 e. The van der Waals surface area contributed by atoms with E-state index >= 15 is 0 Å². The first-order chi connectivity index (χ1) is 6.69. The van der Waals surface area contributed by atoms with Crippen LogP contribution in [-0.2, 0) is 9.47 Å². The molecule has 4 heteroatoms. The maximum absolute atomic E-state index is 10.6. The lowest BCUT2D eigenvalue weighted by Crippen LogP contribution is -2.04. The predicted molar refractivity (Wildman–Crippen MR) is 50.2 cm³/mol. The van der Waals surface area contributed by atoms with Crippen LogP contribution in [-0.4, -0.2) is 25.3 Å². The van der Waals surface area contributed by atoms with Crippen molar-refractivity contribution < 1.29 is 19.4 Å². The van der Waals surface area contributed by atoms with Crippen molar-refractivity contribution in [1.82, 2.24) is 0 Å². The molecule has 0 fully saturated rings. The number of benzene rings is 1. The first kappa shape index (κ1) is 10.7. The molecule has 0 saturated heterocycles. The smallest absolute Gasteiger partial charge is 0.335 e. The molecule has 0 radical (unpaired) electrons. The molecule has 0 aliphatic carbocycles. The van der Waals surface area contributed by atoms with E-state index in [1.807, 2.05) is 0 Å². The second-order valence-electron chi connectivity index (χ2n) is 2.73. The Balaban J connectivity index is 2.87. The van der Waals surface area contributed by atoms with Gasteiger partial charge in [-0.3, -0.25) is 0 Å². The maximum atomic E-state index is 10.6. The lowest BCUT2D eigenvalue weighted by molar-refractivity contribution is -0.106. The number of carboxylic acid groups (broad SMARTS) is 1. The SMILES string of the molecule is COC(OC)c1ccc(C(=O)O)cc1. The molecular formula is C10H12O4. The Morgan fingerprint density at radius 1 is 1.21 bits per heavy atom. The van der Waals surface area contributed by atoms with Crippen molar-refractivity contribution >= 4 is 5.97 Å². The highest BCUT2D eigenvalue weighted by atomic mass is 16.7. The van der Waals surface area contributed by atoms with Crippen LogP contribution >= 0.6 is 0 Å². The number of ether oxygens (including phenoxy) is 2. The van der Waals surface area contributed by atoms with E-state index in [-0.39, 0.29) is 5.56 Å². The van der Waals surface area contributed by atoms with E-state index < -0.39 is 12.3 Å². The summed E-state index contributed by atoms with van der Waals surface area (Å²) in [6.07, 6.45) is -0.446. The van der Waals surface area contributed by atoms with E-state index in [9.17, 15) is 4.79 Å². The van der Waals surface area contributed by atoms with Crippen molar-refractivity contribution in [2.75, 3.05) is 14.2 Å². The average Bonchev–Trinajstić information content (AvgIpc) is 2.20. The zero-order valence-electron chi connectivity index (χ0n) is 8.06. The minimum atomic E-state index is -0.942. The first-order valence-corrected chi connectivity index (χ1v) is 4.08. The van der Waals surface area contributed by atoms with Gasteiger partial charge in [-0.1, -0.05) is 12.1 Å². The molecule has 0 aromatic heterocycles. The summed E-state index contributed by atoms with van der Waals surface area (Å²) in [6.45, 7) is 0. The summed E-state index contributed by atoms with van der Waals surface area (Å²) in [5.74, 6) is -0.942. The van der Waals surface area contributed by atoms with Gasteiger partial charge in [0.1, 0.15) is 0 Å². The number of aromatic carboxylic acids is 1. The molecule has 1 rings (SSSR count). The third-order valence-electron chi connectivity index (χ3n) is 1.86. The summed E-state index contributed by atoms with van der Waals surface area (Å²) in [7, 11) is 3.05. The Kier molecular flexibility index (Phi) is 3.62. The Labute approximate surface area is 82.1 Å². The summed E-state index contributed by atoms with van der Waals surface area (Å²) in [5, 5.41) is 8.67. The lowest BCUT2D eigenvalue weighted by Gasteiger charge is -2.13. The Morgan fingerprint density at radius 3 is 2.07 bits per heavy atom. The van der Waals surface area contributed by atoms with Gasteiger partial charge in [0, 0.05) is 19.8 Å². The third kappa shape index (κ3) is 2.31. The van der Waals surface area contributed by atoms with E-state index in [2.05, 4.69) is 0 Å². The van der Waals surface area contributed by atoms with Crippen LogP contribution in [0.15, 0.2) is 24.3 Å². The van der Waals surface area contributed by atoms with Crippen LogP contribution in [0.5, 0.6) is 0 Å².